The lowest BCUT2D eigenvalue weighted by atomic mass is 9.78. The zero-order chi connectivity index (χ0) is 17.4. The van der Waals surface area contributed by atoms with Crippen LogP contribution in [0.3, 0.4) is 0 Å². The van der Waals surface area contributed by atoms with Gasteiger partial charge in [0.05, 0.1) is 17.4 Å². The van der Waals surface area contributed by atoms with Crippen LogP contribution in [0.2, 0.25) is 0 Å². The van der Waals surface area contributed by atoms with E-state index in [4.69, 9.17) is 9.72 Å². The number of rotatable bonds is 4. The molecule has 4 heterocycles. The minimum Gasteiger partial charge on any atom is -0.383 e. The van der Waals surface area contributed by atoms with Crippen molar-refractivity contribution >= 4 is 33.3 Å². The second kappa shape index (κ2) is 6.53. The topological polar surface area (TPSA) is 58.6 Å². The molecule has 0 aliphatic carbocycles. The first-order valence-corrected chi connectivity index (χ1v) is 9.76. The summed E-state index contributed by atoms with van der Waals surface area (Å²) in [5, 5.41) is 3.17. The van der Waals surface area contributed by atoms with Crippen LogP contribution in [0.4, 0.5) is 5.82 Å². The molecule has 134 valence electrons. The number of amides is 1. The Morgan fingerprint density at radius 3 is 3.04 bits per heavy atom. The van der Waals surface area contributed by atoms with Crippen LogP contribution in [-0.4, -0.2) is 60.7 Å². The van der Waals surface area contributed by atoms with Crippen LogP contribution < -0.4 is 4.90 Å². The van der Waals surface area contributed by atoms with Gasteiger partial charge in [0.2, 0.25) is 5.91 Å². The molecule has 6 nitrogen and oxygen atoms in total. The summed E-state index contributed by atoms with van der Waals surface area (Å²) in [5.74, 6) is 2.08. The van der Waals surface area contributed by atoms with Gasteiger partial charge in [-0.15, -0.1) is 11.3 Å². The molecule has 1 atom stereocenters. The molecule has 7 heteroatoms. The number of methoxy groups -OCH3 is 1. The van der Waals surface area contributed by atoms with Crippen molar-refractivity contribution in [1.29, 1.82) is 0 Å². The van der Waals surface area contributed by atoms with E-state index < -0.39 is 0 Å². The van der Waals surface area contributed by atoms with E-state index in [1.165, 1.54) is 0 Å². The molecular formula is C18H24N4O2S. The molecule has 0 unspecified atom stereocenters. The van der Waals surface area contributed by atoms with Gasteiger partial charge < -0.3 is 14.5 Å². The Hall–Kier alpha value is -1.73. The maximum atomic E-state index is 13.1. The molecule has 2 saturated heterocycles. The largest absolute Gasteiger partial charge is 0.383 e. The third kappa shape index (κ3) is 2.89. The quantitative estimate of drug-likeness (QED) is 0.838. The molecule has 2 aromatic heterocycles. The van der Waals surface area contributed by atoms with Gasteiger partial charge in [-0.1, -0.05) is 0 Å². The molecule has 2 aromatic rings. The van der Waals surface area contributed by atoms with Gasteiger partial charge in [0.25, 0.3) is 0 Å². The molecule has 2 aliphatic rings. The highest BCUT2D eigenvalue weighted by Crippen LogP contribution is 2.42. The number of aryl methyl sites for hydroxylation is 1. The van der Waals surface area contributed by atoms with Crippen molar-refractivity contribution in [3.05, 3.63) is 17.3 Å². The predicted molar refractivity (Wildman–Crippen MR) is 99.1 cm³/mol. The number of ether oxygens (including phenoxy) is 1. The second-order valence-corrected chi connectivity index (χ2v) is 7.97. The number of carbonyl (C=O) groups is 1. The third-order valence-electron chi connectivity index (χ3n) is 5.46. The lowest BCUT2D eigenvalue weighted by Crippen LogP contribution is -2.51. The number of aromatic nitrogens is 2. The van der Waals surface area contributed by atoms with Crippen LogP contribution in [0.1, 0.15) is 25.1 Å². The highest BCUT2D eigenvalue weighted by atomic mass is 32.1. The highest BCUT2D eigenvalue weighted by molar-refractivity contribution is 7.16. The van der Waals surface area contributed by atoms with Crippen LogP contribution in [0, 0.1) is 12.3 Å². The Kier molecular flexibility index (Phi) is 4.37. The highest BCUT2D eigenvalue weighted by Gasteiger charge is 2.48. The van der Waals surface area contributed by atoms with Gasteiger partial charge in [0.15, 0.2) is 0 Å². The Morgan fingerprint density at radius 2 is 2.20 bits per heavy atom. The Bertz CT molecular complexity index is 792. The van der Waals surface area contributed by atoms with E-state index in [1.807, 2.05) is 11.8 Å². The number of nitrogens with zero attached hydrogens (tertiary/aromatic N) is 4. The molecule has 0 N–H and O–H groups in total. The fourth-order valence-corrected chi connectivity index (χ4v) is 4.99. The Balaban J connectivity index is 1.59. The van der Waals surface area contributed by atoms with Crippen molar-refractivity contribution in [1.82, 2.24) is 14.9 Å². The number of carbonyl (C=O) groups excluding carboxylic acids is 1. The second-order valence-electron chi connectivity index (χ2n) is 7.07. The summed E-state index contributed by atoms with van der Waals surface area (Å²) in [6, 6.07) is 2.09. The summed E-state index contributed by atoms with van der Waals surface area (Å²) >= 11 is 1.64. The van der Waals surface area contributed by atoms with Crippen molar-refractivity contribution < 1.29 is 9.53 Å². The Morgan fingerprint density at radius 1 is 1.32 bits per heavy atom. The summed E-state index contributed by atoms with van der Waals surface area (Å²) in [7, 11) is 1.69. The van der Waals surface area contributed by atoms with Gasteiger partial charge in [0, 0.05) is 33.3 Å². The summed E-state index contributed by atoms with van der Waals surface area (Å²) in [6.07, 6.45) is 2.95. The number of hydrogen-bond acceptors (Lipinski definition) is 6. The van der Waals surface area contributed by atoms with E-state index in [0.29, 0.717) is 19.1 Å². The molecular weight excluding hydrogens is 336 g/mol. The smallest absolute Gasteiger partial charge is 0.230 e. The van der Waals surface area contributed by atoms with Crippen LogP contribution in [0.25, 0.3) is 10.2 Å². The van der Waals surface area contributed by atoms with Gasteiger partial charge >= 0.3 is 0 Å². The maximum Gasteiger partial charge on any atom is 0.230 e. The van der Waals surface area contributed by atoms with Crippen molar-refractivity contribution in [3.8, 4) is 0 Å². The van der Waals surface area contributed by atoms with Crippen LogP contribution in [0.15, 0.2) is 11.4 Å². The average Bonchev–Trinajstić information content (AvgIpc) is 3.23. The van der Waals surface area contributed by atoms with Crippen LogP contribution in [-0.2, 0) is 9.53 Å². The number of piperidine rings is 1. The lowest BCUT2D eigenvalue weighted by molar-refractivity contribution is -0.145. The summed E-state index contributed by atoms with van der Waals surface area (Å²) in [5.41, 5.74) is -0.257. The number of thiophene rings is 1. The minimum atomic E-state index is -0.257. The van der Waals surface area contributed by atoms with Crippen molar-refractivity contribution in [3.63, 3.8) is 0 Å². The monoisotopic (exact) mass is 360 g/mol. The van der Waals surface area contributed by atoms with E-state index in [2.05, 4.69) is 21.3 Å². The SMILES string of the molecule is COCCN1CCC[C@]2(CCN(c3nc(C)nc4sccc34)C2)C1=O. The van der Waals surface area contributed by atoms with Gasteiger partial charge in [0.1, 0.15) is 16.5 Å². The van der Waals surface area contributed by atoms with Crippen LogP contribution >= 0.6 is 11.3 Å². The van der Waals surface area contributed by atoms with Crippen molar-refractivity contribution in [2.75, 3.05) is 44.8 Å². The molecule has 2 aliphatic heterocycles. The number of anilines is 1. The number of fused-ring (bicyclic) bond motifs is 1. The fraction of sp³-hybridized carbons (Fsp3) is 0.611. The van der Waals surface area contributed by atoms with Crippen molar-refractivity contribution in [2.45, 2.75) is 26.2 Å². The molecule has 1 spiro atoms. The summed E-state index contributed by atoms with van der Waals surface area (Å²) < 4.78 is 5.17. The molecule has 0 aromatic carbocycles. The molecule has 0 saturated carbocycles. The molecule has 0 radical (unpaired) electrons. The van der Waals surface area contributed by atoms with E-state index >= 15 is 0 Å². The first kappa shape index (κ1) is 16.7. The Labute approximate surface area is 151 Å². The van der Waals surface area contributed by atoms with Crippen LogP contribution in [0.5, 0.6) is 0 Å². The molecule has 4 rings (SSSR count). The molecule has 0 bridgehead atoms. The standard InChI is InChI=1S/C18H24N4O2S/c1-13-19-15(14-4-11-25-16(14)20-13)22-8-6-18(12-22)5-3-7-21(17(18)23)9-10-24-2/h4,11H,3,5-10,12H2,1-2H3/t18-/m1/s1. The zero-order valence-corrected chi connectivity index (χ0v) is 15.6. The first-order chi connectivity index (χ1) is 12.1. The zero-order valence-electron chi connectivity index (χ0n) is 14.8. The minimum absolute atomic E-state index is 0.257. The predicted octanol–water partition coefficient (Wildman–Crippen LogP) is 2.47. The first-order valence-electron chi connectivity index (χ1n) is 8.88. The third-order valence-corrected chi connectivity index (χ3v) is 6.27. The van der Waals surface area contributed by atoms with Gasteiger partial charge in [-0.25, -0.2) is 9.97 Å². The fourth-order valence-electron chi connectivity index (χ4n) is 4.18. The number of likely N-dealkylation sites (tertiary alicyclic amines) is 1. The van der Waals surface area contributed by atoms with Gasteiger partial charge in [-0.05, 0) is 37.6 Å². The molecule has 2 fully saturated rings. The van der Waals surface area contributed by atoms with Gasteiger partial charge in [-0.2, -0.15) is 0 Å². The van der Waals surface area contributed by atoms with E-state index in [1.54, 1.807) is 18.4 Å². The average molecular weight is 360 g/mol. The van der Waals surface area contributed by atoms with E-state index in [0.717, 1.165) is 60.8 Å². The normalized spacial score (nSPS) is 24.0. The maximum absolute atomic E-state index is 13.1. The van der Waals surface area contributed by atoms with E-state index in [-0.39, 0.29) is 5.41 Å². The molecule has 1 amide bonds. The lowest BCUT2D eigenvalue weighted by Gasteiger charge is -2.39. The van der Waals surface area contributed by atoms with Gasteiger partial charge in [-0.3, -0.25) is 4.79 Å². The van der Waals surface area contributed by atoms with Crippen molar-refractivity contribution in [2.24, 2.45) is 5.41 Å². The summed E-state index contributed by atoms with van der Waals surface area (Å²) in [4.78, 5) is 27.7. The number of hydrogen-bond donors (Lipinski definition) is 0. The van der Waals surface area contributed by atoms with E-state index in [9.17, 15) is 4.79 Å². The summed E-state index contributed by atoms with van der Waals surface area (Å²) in [6.45, 7) is 5.73. The molecule has 25 heavy (non-hydrogen) atoms.